The van der Waals surface area contributed by atoms with Crippen LogP contribution >= 0.6 is 11.3 Å². The number of nitrogens with zero attached hydrogens (tertiary/aromatic N) is 3. The summed E-state index contributed by atoms with van der Waals surface area (Å²) in [5.74, 6) is 0.646. The maximum absolute atomic E-state index is 5.38. The highest BCUT2D eigenvalue weighted by atomic mass is 32.1. The maximum Gasteiger partial charge on any atom is 0.222 e. The van der Waals surface area contributed by atoms with Gasteiger partial charge >= 0.3 is 0 Å². The van der Waals surface area contributed by atoms with E-state index in [-0.39, 0.29) is 0 Å². The fourth-order valence-electron chi connectivity index (χ4n) is 2.53. The van der Waals surface area contributed by atoms with Gasteiger partial charge in [0.05, 0.1) is 35.5 Å². The molecule has 1 saturated heterocycles. The second-order valence-corrected chi connectivity index (χ2v) is 6.34. The Labute approximate surface area is 137 Å². The molecule has 3 aromatic rings. The van der Waals surface area contributed by atoms with E-state index in [2.05, 4.69) is 37.5 Å². The number of anilines is 2. The summed E-state index contributed by atoms with van der Waals surface area (Å²) in [6, 6.07) is 12.1. The van der Waals surface area contributed by atoms with Crippen LogP contribution in [0, 0.1) is 0 Å². The van der Waals surface area contributed by atoms with Crippen LogP contribution in [0.3, 0.4) is 0 Å². The van der Waals surface area contributed by atoms with Crippen molar-refractivity contribution in [2.45, 2.75) is 0 Å². The number of rotatable bonds is 4. The van der Waals surface area contributed by atoms with Crippen molar-refractivity contribution >= 4 is 39.5 Å². The van der Waals surface area contributed by atoms with Crippen LogP contribution in [0.2, 0.25) is 0 Å². The molecule has 23 heavy (non-hydrogen) atoms. The molecule has 0 spiro atoms. The molecular weight excluding hydrogens is 310 g/mol. The van der Waals surface area contributed by atoms with E-state index in [0.29, 0.717) is 5.95 Å². The lowest BCUT2D eigenvalue weighted by molar-refractivity contribution is 0.123. The number of morpholine rings is 1. The number of nitrogens with one attached hydrogen (secondary N) is 2. The quantitative estimate of drug-likeness (QED) is 0.571. The Hall–Kier alpha value is -2.38. The number of benzene rings is 1. The molecule has 2 N–H and O–H groups in total. The summed E-state index contributed by atoms with van der Waals surface area (Å²) in [5, 5.41) is 5.53. The van der Waals surface area contributed by atoms with E-state index in [4.69, 9.17) is 4.74 Å². The minimum atomic E-state index is 0.646. The highest BCUT2D eigenvalue weighted by molar-refractivity contribution is 7.17. The molecule has 0 saturated carbocycles. The molecule has 1 aliphatic rings. The average Bonchev–Trinajstić information content (AvgIpc) is 3.22. The van der Waals surface area contributed by atoms with E-state index in [9.17, 15) is 0 Å². The number of thiophene rings is 1. The number of fused-ring (bicyclic) bond motifs is 1. The van der Waals surface area contributed by atoms with Crippen molar-refractivity contribution in [3.05, 3.63) is 41.3 Å². The molecule has 0 atom stereocenters. The zero-order valence-electron chi connectivity index (χ0n) is 12.5. The van der Waals surface area contributed by atoms with Gasteiger partial charge < -0.3 is 14.6 Å². The van der Waals surface area contributed by atoms with Crippen LogP contribution in [0.1, 0.15) is 4.88 Å². The average molecular weight is 327 g/mol. The zero-order chi connectivity index (χ0) is 15.5. The van der Waals surface area contributed by atoms with Gasteiger partial charge in [-0.05, 0) is 24.3 Å². The van der Waals surface area contributed by atoms with Crippen molar-refractivity contribution in [1.82, 2.24) is 9.97 Å². The third kappa shape index (κ3) is 3.20. The molecular formula is C16H17N5OS. The van der Waals surface area contributed by atoms with Crippen LogP contribution < -0.4 is 10.3 Å². The number of aromatic amines is 1. The first-order valence-corrected chi connectivity index (χ1v) is 8.36. The minimum Gasteiger partial charge on any atom is -0.378 e. The topological polar surface area (TPSA) is 65.5 Å². The van der Waals surface area contributed by atoms with Gasteiger partial charge in [0.2, 0.25) is 5.95 Å². The van der Waals surface area contributed by atoms with Crippen molar-refractivity contribution in [3.63, 3.8) is 0 Å². The molecule has 1 aliphatic heterocycles. The van der Waals surface area contributed by atoms with E-state index >= 15 is 0 Å². The predicted molar refractivity (Wildman–Crippen MR) is 94.7 cm³/mol. The lowest BCUT2D eigenvalue weighted by atomic mass is 10.3. The van der Waals surface area contributed by atoms with E-state index in [1.54, 1.807) is 11.3 Å². The fraction of sp³-hybridized carbons (Fsp3) is 0.250. The first kappa shape index (κ1) is 14.2. The van der Waals surface area contributed by atoms with Crippen molar-refractivity contribution in [1.29, 1.82) is 0 Å². The Morgan fingerprint density at radius 3 is 2.96 bits per heavy atom. The van der Waals surface area contributed by atoms with Gasteiger partial charge in [-0.25, -0.2) is 10.4 Å². The molecule has 0 unspecified atom stereocenters. The normalized spacial score (nSPS) is 15.6. The summed E-state index contributed by atoms with van der Waals surface area (Å²) in [4.78, 5) is 11.1. The number of hydrogen-bond donors (Lipinski definition) is 2. The maximum atomic E-state index is 5.38. The lowest BCUT2D eigenvalue weighted by Gasteiger charge is -2.27. The first-order valence-electron chi connectivity index (χ1n) is 7.55. The third-order valence-corrected chi connectivity index (χ3v) is 4.77. The Bertz CT molecular complexity index is 786. The Kier molecular flexibility index (Phi) is 3.95. The zero-order valence-corrected chi connectivity index (χ0v) is 13.3. The highest BCUT2D eigenvalue weighted by Crippen LogP contribution is 2.25. The molecule has 3 heterocycles. The largest absolute Gasteiger partial charge is 0.378 e. The molecule has 0 amide bonds. The highest BCUT2D eigenvalue weighted by Gasteiger charge is 2.12. The van der Waals surface area contributed by atoms with Gasteiger partial charge in [0.25, 0.3) is 0 Å². The number of aromatic nitrogens is 2. The predicted octanol–water partition coefficient (Wildman–Crippen LogP) is 2.91. The molecule has 4 rings (SSSR count). The van der Waals surface area contributed by atoms with Gasteiger partial charge in [0.1, 0.15) is 0 Å². The smallest absolute Gasteiger partial charge is 0.222 e. The summed E-state index contributed by atoms with van der Waals surface area (Å²) in [6.07, 6.45) is 1.82. The van der Waals surface area contributed by atoms with Crippen molar-refractivity contribution in [2.75, 3.05) is 36.6 Å². The fourth-order valence-corrected chi connectivity index (χ4v) is 3.46. The first-order chi connectivity index (χ1) is 11.4. The molecule has 6 nitrogen and oxygen atoms in total. The second kappa shape index (κ2) is 6.39. The molecule has 1 fully saturated rings. The number of hydrazone groups is 1. The van der Waals surface area contributed by atoms with Crippen molar-refractivity contribution in [3.8, 4) is 0 Å². The number of ether oxygens (including phenoxy) is 1. The monoisotopic (exact) mass is 327 g/mol. The lowest BCUT2D eigenvalue weighted by Crippen LogP contribution is -2.35. The summed E-state index contributed by atoms with van der Waals surface area (Å²) >= 11 is 1.73. The summed E-state index contributed by atoms with van der Waals surface area (Å²) in [5.41, 5.74) is 4.87. The van der Waals surface area contributed by atoms with E-state index in [1.165, 1.54) is 5.00 Å². The summed E-state index contributed by atoms with van der Waals surface area (Å²) in [6.45, 7) is 3.51. The van der Waals surface area contributed by atoms with Crippen LogP contribution in [0.4, 0.5) is 10.9 Å². The number of hydrogen-bond acceptors (Lipinski definition) is 6. The van der Waals surface area contributed by atoms with Gasteiger partial charge in [-0.3, -0.25) is 0 Å². The summed E-state index contributed by atoms with van der Waals surface area (Å²) < 4.78 is 5.38. The Morgan fingerprint density at radius 1 is 1.22 bits per heavy atom. The van der Waals surface area contributed by atoms with Gasteiger partial charge in [-0.2, -0.15) is 5.10 Å². The molecule has 118 valence electrons. The van der Waals surface area contributed by atoms with Gasteiger partial charge in [-0.1, -0.05) is 12.1 Å². The van der Waals surface area contributed by atoms with E-state index < -0.39 is 0 Å². The van der Waals surface area contributed by atoms with Gasteiger partial charge in [0.15, 0.2) is 0 Å². The van der Waals surface area contributed by atoms with Crippen LogP contribution in [-0.2, 0) is 4.74 Å². The number of imidazole rings is 1. The van der Waals surface area contributed by atoms with Gasteiger partial charge in [0, 0.05) is 18.0 Å². The second-order valence-electron chi connectivity index (χ2n) is 5.25. The number of para-hydroxylation sites is 2. The van der Waals surface area contributed by atoms with Crippen LogP contribution in [0.25, 0.3) is 11.0 Å². The Morgan fingerprint density at radius 2 is 2.09 bits per heavy atom. The SMILES string of the molecule is C(=N/Nc1nc2ccccc2[nH]1)/c1ccc(N2CCOCC2)s1. The molecule has 2 aromatic heterocycles. The molecule has 7 heteroatoms. The van der Waals surface area contributed by atoms with Crippen LogP contribution in [0.15, 0.2) is 41.5 Å². The molecule has 0 aliphatic carbocycles. The summed E-state index contributed by atoms with van der Waals surface area (Å²) in [7, 11) is 0. The minimum absolute atomic E-state index is 0.646. The molecule has 0 radical (unpaired) electrons. The molecule has 1 aromatic carbocycles. The third-order valence-electron chi connectivity index (χ3n) is 3.69. The standard InChI is InChI=1S/C16H17N5OS/c1-2-4-14-13(3-1)18-16(19-14)20-17-11-12-5-6-15(23-12)21-7-9-22-10-8-21/h1-6,11H,7-10H2,(H2,18,19,20)/b17-11-. The van der Waals surface area contributed by atoms with E-state index in [0.717, 1.165) is 42.2 Å². The molecule has 0 bridgehead atoms. The number of H-pyrrole nitrogens is 1. The Balaban J connectivity index is 1.41. The van der Waals surface area contributed by atoms with Crippen molar-refractivity contribution in [2.24, 2.45) is 5.10 Å². The van der Waals surface area contributed by atoms with Crippen LogP contribution in [0.5, 0.6) is 0 Å². The van der Waals surface area contributed by atoms with Gasteiger partial charge in [-0.15, -0.1) is 11.3 Å². The van der Waals surface area contributed by atoms with Crippen LogP contribution in [-0.4, -0.2) is 42.5 Å². The van der Waals surface area contributed by atoms with Crippen molar-refractivity contribution < 1.29 is 4.74 Å². The van der Waals surface area contributed by atoms with E-state index in [1.807, 2.05) is 30.5 Å².